The molecule has 0 bridgehead atoms. The van der Waals surface area contributed by atoms with E-state index in [2.05, 4.69) is 165 Å². The van der Waals surface area contributed by atoms with E-state index in [1.165, 1.54) is 99.8 Å². The van der Waals surface area contributed by atoms with Crippen LogP contribution in [-0.4, -0.2) is 304 Å². The maximum atomic E-state index is 12.9. The number of rotatable bonds is 13. The van der Waals surface area contributed by atoms with E-state index < -0.39 is 86.1 Å². The van der Waals surface area contributed by atoms with Crippen LogP contribution in [0.25, 0.3) is 21.8 Å². The van der Waals surface area contributed by atoms with Crippen LogP contribution in [0.5, 0.6) is 11.5 Å². The molecule has 6 saturated heterocycles. The quantitative estimate of drug-likeness (QED) is 0.0448. The third-order valence-electron chi connectivity index (χ3n) is 20.4. The van der Waals surface area contributed by atoms with E-state index in [0.717, 1.165) is 53.1 Å². The van der Waals surface area contributed by atoms with Crippen molar-refractivity contribution in [1.29, 1.82) is 0 Å². The van der Waals surface area contributed by atoms with E-state index in [4.69, 9.17) is 5.02 Å². The lowest BCUT2D eigenvalue weighted by Crippen LogP contribution is -2.43. The molecule has 4 aromatic heterocycles. The van der Waals surface area contributed by atoms with Gasteiger partial charge >= 0.3 is 14.1 Å². The number of fused-ring (bicyclic) bond motifs is 2. The van der Waals surface area contributed by atoms with Gasteiger partial charge in [-0.1, -0.05) is 96.5 Å². The summed E-state index contributed by atoms with van der Waals surface area (Å²) in [6, 6.07) is 33.7. The van der Waals surface area contributed by atoms with Gasteiger partial charge in [-0.25, -0.2) is 96.6 Å². The molecular formula is C82H118B2Br2F2N18O20S6. The number of aromatic hydroxyl groups is 2. The number of benzene rings is 4. The number of nitrogens with one attached hydrogen (secondary N) is 9. The molecular weight excluding hydrogens is 1970 g/mol. The van der Waals surface area contributed by atoms with Gasteiger partial charge in [0.1, 0.15) is 27.3 Å². The van der Waals surface area contributed by atoms with Crippen molar-refractivity contribution in [3.63, 3.8) is 0 Å². The fourth-order valence-corrected chi connectivity index (χ4v) is 20.7. The highest BCUT2D eigenvalue weighted by molar-refractivity contribution is 9.10. The van der Waals surface area contributed by atoms with Crippen molar-refractivity contribution in [3.8, 4) is 11.5 Å². The number of carbonyl (C=O) groups excluding carboxylic acids is 4. The topological polar surface area (TPSA) is 530 Å². The molecule has 8 aromatic rings. The van der Waals surface area contributed by atoms with Gasteiger partial charge in [0.15, 0.2) is 22.9 Å². The van der Waals surface area contributed by atoms with E-state index >= 15 is 0 Å². The highest BCUT2D eigenvalue weighted by Crippen LogP contribution is 2.31. The Hall–Kier alpha value is -8.35. The smallest absolute Gasteiger partial charge is 0.390 e. The van der Waals surface area contributed by atoms with E-state index in [0.29, 0.717) is 137 Å². The molecule has 4 amide bonds. The molecule has 14 rings (SSSR count). The van der Waals surface area contributed by atoms with Crippen molar-refractivity contribution in [1.82, 2.24) is 88.5 Å². The Morgan fingerprint density at radius 1 is 0.462 bits per heavy atom. The zero-order valence-electron chi connectivity index (χ0n) is 74.8. The number of aromatic nitrogens is 4. The number of amides is 4. The summed E-state index contributed by atoms with van der Waals surface area (Å²) in [7, 11) is -20.6. The van der Waals surface area contributed by atoms with Gasteiger partial charge in [-0.05, 0) is 144 Å². The second-order valence-electron chi connectivity index (χ2n) is 30.3. The molecule has 38 nitrogen and oxygen atoms in total. The molecule has 726 valence electrons. The number of hydrogen-bond acceptors (Lipinski definition) is 28. The molecule has 132 heavy (non-hydrogen) atoms. The van der Waals surface area contributed by atoms with E-state index in [-0.39, 0.29) is 93.9 Å². The van der Waals surface area contributed by atoms with Crippen LogP contribution >= 0.6 is 31.9 Å². The highest BCUT2D eigenvalue weighted by atomic mass is 79.9. The van der Waals surface area contributed by atoms with Gasteiger partial charge in [-0.2, -0.15) is 0 Å². The van der Waals surface area contributed by atoms with E-state index in [1.54, 1.807) is 61.7 Å². The van der Waals surface area contributed by atoms with Crippen molar-refractivity contribution in [3.05, 3.63) is 200 Å². The lowest BCUT2D eigenvalue weighted by atomic mass is 9.89. The van der Waals surface area contributed by atoms with Gasteiger partial charge in [0, 0.05) is 185 Å². The number of sulfonamides is 6. The van der Waals surface area contributed by atoms with Gasteiger partial charge in [0.05, 0.1) is 34.5 Å². The average Bonchev–Trinajstić information content (AvgIpc) is 1.00. The molecule has 0 unspecified atom stereocenters. The Labute approximate surface area is 789 Å². The minimum absolute atomic E-state index is 0.00653. The van der Waals surface area contributed by atoms with Crippen molar-refractivity contribution < 1.29 is 98.7 Å². The predicted octanol–water partition coefficient (Wildman–Crippen LogP) is 3.02. The molecule has 0 aliphatic carbocycles. The zero-order valence-corrected chi connectivity index (χ0v) is 82.9. The minimum Gasteiger partial charge on any atom is -0.504 e. The molecule has 6 aliphatic heterocycles. The molecule has 0 spiro atoms. The maximum absolute atomic E-state index is 12.9. The van der Waals surface area contributed by atoms with E-state index in [9.17, 15) is 93.7 Å². The molecule has 10 heterocycles. The van der Waals surface area contributed by atoms with Gasteiger partial charge in [-0.15, -0.1) is 0 Å². The highest BCUT2D eigenvalue weighted by Gasteiger charge is 2.34. The monoisotopic (exact) mass is 2080 g/mol. The van der Waals surface area contributed by atoms with E-state index in [1.807, 2.05) is 0 Å². The molecule has 0 radical (unpaired) electrons. The lowest BCUT2D eigenvalue weighted by molar-refractivity contribution is -0.129. The number of hydrogen-bond donors (Lipinski definition) is 13. The zero-order chi connectivity index (χ0) is 97.6. The van der Waals surface area contributed by atoms with Crippen molar-refractivity contribution in [2.75, 3.05) is 152 Å². The second kappa shape index (κ2) is 55.0. The van der Waals surface area contributed by atoms with Crippen LogP contribution in [-0.2, 0) is 108 Å². The fraction of sp³-hybridized carbons (Fsp3) is 0.463. The van der Waals surface area contributed by atoms with Crippen molar-refractivity contribution in [2.24, 2.45) is 0 Å². The summed E-state index contributed by atoms with van der Waals surface area (Å²) >= 11 is 6.67. The molecule has 6 aliphatic rings. The third kappa shape index (κ3) is 39.2. The largest absolute Gasteiger partial charge is 0.504 e. The molecule has 4 aromatic carbocycles. The fourth-order valence-electron chi connectivity index (χ4n) is 12.9. The normalized spacial score (nSPS) is 18.0. The van der Waals surface area contributed by atoms with Crippen LogP contribution < -0.4 is 45.5 Å². The first-order valence-corrected chi connectivity index (χ1v) is 54.0. The number of aryl methyl sites for hydroxylation is 4. The summed E-state index contributed by atoms with van der Waals surface area (Å²) in [4.78, 5) is 67.9. The minimum atomic E-state index is -3.36. The summed E-state index contributed by atoms with van der Waals surface area (Å²) in [5, 5.41) is 55.7. The molecule has 13 N–H and O–H groups in total. The van der Waals surface area contributed by atoms with Crippen molar-refractivity contribution >= 4 is 152 Å². The summed E-state index contributed by atoms with van der Waals surface area (Å²) in [5.41, 5.74) is 9.13. The van der Waals surface area contributed by atoms with Crippen LogP contribution in [0, 0.1) is 25.5 Å². The van der Waals surface area contributed by atoms with Gasteiger partial charge in [0.2, 0.25) is 72.0 Å². The standard InChI is InChI=1S/C17H14FN3O2.C16H11BrFN3O2.C15H25BN2O3S.C9H11Br.2C6H12N2O3S.C5H13BN2O3S.2C4H10N2O2S/c1-10-13-3-2-8-19-14(13)16(22)15(21-10)17(23)20-9-11-4-6-12(18)7-5-11;17-15-11-2-1-7-19-12(11)14(22)13(21-15)16(23)20-8-9-3-5-10(18)6-4-9;1-4-15-11-14(6-5-13(15)2)12-17-7-8-18(16(3)19)22(20,21)10-9-17;1-2-8-3-5-9(7-10)6-4-8;2*1-6(9)8-3-2-7-12(10,11)5-4-8;1-6(9)8-4-2-7-3-5-12(8,10)11;2*7-9(8)4-3-5-1-2-6-9/h2-8,22H,9H2,1H3,(H,20,23);1-7,22H,8H2,(H,20,23);5-6,11,19H,4,7-10,12H2,1-3H3;3-6H,2,7H2,1H3;2*7H,2-5H2,1H3;7,9H,2-5H2,1H3;2*5-6H,1-4H2. The summed E-state index contributed by atoms with van der Waals surface area (Å²) in [6.07, 6.45) is 5.20. The van der Waals surface area contributed by atoms with Gasteiger partial charge in [0.25, 0.3) is 11.8 Å². The van der Waals surface area contributed by atoms with Crippen LogP contribution in [0.3, 0.4) is 0 Å². The Bertz CT molecular complexity index is 5540. The van der Waals surface area contributed by atoms with Crippen LogP contribution in [0.2, 0.25) is 13.6 Å². The second-order valence-corrected chi connectivity index (χ2v) is 43.4. The Balaban J connectivity index is 0.000000234. The first-order valence-electron chi connectivity index (χ1n) is 42.2. The number of nitrogens with zero attached hydrogens (tertiary/aromatic N) is 9. The Kier molecular flexibility index (Phi) is 46.8. The number of carbonyl (C=O) groups is 4. The predicted molar refractivity (Wildman–Crippen MR) is 513 cm³/mol. The van der Waals surface area contributed by atoms with Crippen LogP contribution in [0.4, 0.5) is 8.78 Å². The first-order chi connectivity index (χ1) is 62.3. The molecule has 0 atom stereocenters. The van der Waals surface area contributed by atoms with Gasteiger partial charge < -0.3 is 56.6 Å². The SMILES string of the molecule is CB(O)N1CCNCCS1(=O)=O.CC(=O)N1CCNS(=O)(=O)CC1.CC(=O)N1CCNS(=O)(=O)CC1.CCc1cc(CN2CCN(B(C)O)S(=O)(=O)CC2)ccc1C.CCc1ccc(CBr)cc1.Cc1nc(C(=O)NCc2ccc(F)cc2)c(O)c2ncccc12.O=C(NCc1ccc(F)cc1)c1nc(Br)c2cccnc2c1O.O=S1(=O)CCNCCN1.O=S1(=O)CCNCCN1. The number of alkyl halides is 1. The first kappa shape index (κ1) is 112. The summed E-state index contributed by atoms with van der Waals surface area (Å²) in [5.74, 6) is -1.87. The molecule has 0 saturated carbocycles. The van der Waals surface area contributed by atoms with Crippen LogP contribution in [0.1, 0.15) is 93.3 Å². The summed E-state index contributed by atoms with van der Waals surface area (Å²) in [6.45, 7) is 23.9. The van der Waals surface area contributed by atoms with Gasteiger partial charge in [-0.3, -0.25) is 34.0 Å². The lowest BCUT2D eigenvalue weighted by Gasteiger charge is -2.21. The number of pyridine rings is 4. The van der Waals surface area contributed by atoms with Crippen LogP contribution in [0.15, 0.2) is 132 Å². The maximum Gasteiger partial charge on any atom is 0.390 e. The molecule has 6 fully saturated rings. The summed E-state index contributed by atoms with van der Waals surface area (Å²) < 4.78 is 172. The number of halogens is 4. The average molecular weight is 2090 g/mol. The van der Waals surface area contributed by atoms with Crippen molar-refractivity contribution in [2.45, 2.75) is 93.0 Å². The molecule has 50 heteroatoms. The Morgan fingerprint density at radius 2 is 0.879 bits per heavy atom. The Morgan fingerprint density at radius 3 is 1.35 bits per heavy atom. The third-order valence-corrected chi connectivity index (χ3v) is 30.9.